The Bertz CT molecular complexity index is 1730. The van der Waals surface area contributed by atoms with Gasteiger partial charge in [0.2, 0.25) is 5.91 Å². The number of fused-ring (bicyclic) bond motifs is 7. The molecule has 0 heterocycles. The van der Waals surface area contributed by atoms with Gasteiger partial charge in [0.25, 0.3) is 5.91 Å². The Morgan fingerprint density at radius 1 is 0.784 bits per heavy atom. The standard InChI is InChI=1S/C43H57FN2O5/c1-39(2)32-16-20-42(5)33(40(32,3)19-17-34(39)47)15-14-30-31-13-8-18-43(31,22-21-41(30,42)4)38(51)46-24-26-9-6-10-27(23-26)36(48)45-25-28-11-7-12-29(35(28)44)37(49)50/h6-7,9-12,23,30-34,47H,8,13-22,24-25H2,1-5H3,(H,45,48)(H,46,51)(H,49,50)/t30?,31?,32?,33?,34?,40?,41-,42?,43?/m1/s1. The average Bonchev–Trinajstić information content (AvgIpc) is 3.54. The highest BCUT2D eigenvalue weighted by atomic mass is 19.1. The minimum Gasteiger partial charge on any atom is -0.478 e. The molecule has 7 nitrogen and oxygen atoms in total. The average molecular weight is 701 g/mol. The number of aliphatic hydroxyl groups is 1. The smallest absolute Gasteiger partial charge is 0.338 e. The molecule has 2 aromatic rings. The van der Waals surface area contributed by atoms with Crippen molar-refractivity contribution in [1.29, 1.82) is 0 Å². The molecule has 2 amide bonds. The Balaban J connectivity index is 1.03. The van der Waals surface area contributed by atoms with Crippen LogP contribution in [0.4, 0.5) is 4.39 Å². The van der Waals surface area contributed by atoms with Crippen LogP contribution in [0.1, 0.15) is 137 Å². The first-order chi connectivity index (χ1) is 24.1. The van der Waals surface area contributed by atoms with Crippen LogP contribution >= 0.6 is 0 Å². The van der Waals surface area contributed by atoms with Crippen molar-refractivity contribution in [2.45, 2.75) is 124 Å². The van der Waals surface area contributed by atoms with Gasteiger partial charge in [-0.1, -0.05) is 65.3 Å². The summed E-state index contributed by atoms with van der Waals surface area (Å²) in [4.78, 5) is 38.7. The van der Waals surface area contributed by atoms with Crippen molar-refractivity contribution < 1.29 is 29.0 Å². The molecule has 4 N–H and O–H groups in total. The van der Waals surface area contributed by atoms with Gasteiger partial charge in [0.05, 0.1) is 17.1 Å². The first-order valence-corrected chi connectivity index (χ1v) is 19.4. The number of carboxylic acid groups (broad SMARTS) is 1. The summed E-state index contributed by atoms with van der Waals surface area (Å²) in [6.07, 6.45) is 11.7. The number of carbonyl (C=O) groups is 3. The van der Waals surface area contributed by atoms with E-state index in [4.69, 9.17) is 0 Å². The van der Waals surface area contributed by atoms with Crippen molar-refractivity contribution in [3.8, 4) is 0 Å². The van der Waals surface area contributed by atoms with Crippen LogP contribution in [0.2, 0.25) is 0 Å². The number of benzene rings is 2. The van der Waals surface area contributed by atoms with Gasteiger partial charge in [-0.05, 0) is 133 Å². The third-order valence-electron chi connectivity index (χ3n) is 16.2. The van der Waals surface area contributed by atoms with E-state index in [0.717, 1.165) is 50.5 Å². The fraction of sp³-hybridized carbons (Fsp3) is 0.651. The lowest BCUT2D eigenvalue weighted by Crippen LogP contribution is -2.67. The summed E-state index contributed by atoms with van der Waals surface area (Å²) in [6, 6.07) is 11.2. The number of halogens is 1. The largest absolute Gasteiger partial charge is 0.478 e. The molecule has 5 fully saturated rings. The fourth-order valence-corrected chi connectivity index (χ4v) is 13.3. The van der Waals surface area contributed by atoms with Gasteiger partial charge in [0.15, 0.2) is 0 Å². The molecule has 2 aromatic carbocycles. The van der Waals surface area contributed by atoms with Crippen LogP contribution in [0.5, 0.6) is 0 Å². The topological polar surface area (TPSA) is 116 Å². The quantitative estimate of drug-likeness (QED) is 0.232. The summed E-state index contributed by atoms with van der Waals surface area (Å²) >= 11 is 0. The maximum Gasteiger partial charge on any atom is 0.338 e. The van der Waals surface area contributed by atoms with Gasteiger partial charge in [0.1, 0.15) is 5.82 Å². The van der Waals surface area contributed by atoms with E-state index in [1.165, 1.54) is 43.9 Å². The summed E-state index contributed by atoms with van der Waals surface area (Å²) in [5, 5.41) is 26.3. The van der Waals surface area contributed by atoms with Crippen LogP contribution in [0, 0.1) is 56.6 Å². The Kier molecular flexibility index (Phi) is 8.99. The van der Waals surface area contributed by atoms with Gasteiger partial charge in [-0.2, -0.15) is 0 Å². The van der Waals surface area contributed by atoms with Crippen LogP contribution in [-0.4, -0.2) is 34.1 Å². The lowest BCUT2D eigenvalue weighted by atomic mass is 9.32. The molecule has 5 aliphatic carbocycles. The van der Waals surface area contributed by atoms with Gasteiger partial charge in [-0.25, -0.2) is 9.18 Å². The second kappa shape index (κ2) is 12.7. The zero-order valence-electron chi connectivity index (χ0n) is 31.1. The maximum atomic E-state index is 14.6. The lowest BCUT2D eigenvalue weighted by Gasteiger charge is -2.72. The summed E-state index contributed by atoms with van der Waals surface area (Å²) in [5.74, 6) is -0.380. The van der Waals surface area contributed by atoms with E-state index in [2.05, 4.69) is 45.3 Å². The molecule has 0 aliphatic heterocycles. The van der Waals surface area contributed by atoms with Crippen LogP contribution < -0.4 is 10.6 Å². The fourth-order valence-electron chi connectivity index (χ4n) is 13.3. The molecule has 0 radical (unpaired) electrons. The number of hydrogen-bond acceptors (Lipinski definition) is 4. The molecule has 7 rings (SSSR count). The third-order valence-corrected chi connectivity index (χ3v) is 16.2. The number of carboxylic acids is 1. The summed E-state index contributed by atoms with van der Waals surface area (Å²) in [7, 11) is 0. The van der Waals surface area contributed by atoms with Crippen molar-refractivity contribution in [2.24, 2.45) is 50.7 Å². The SMILES string of the molecule is CC1(C)C(O)CCC2(C)C1CCC1(C)C2CCC2C3CCCC3(C(=O)NCc3cccc(C(=O)NCc4cccc(C(=O)O)c4F)c3)CC[C@]21C. The van der Waals surface area contributed by atoms with Crippen molar-refractivity contribution in [3.05, 3.63) is 70.5 Å². The number of nitrogens with one attached hydrogen (secondary N) is 2. The van der Waals surface area contributed by atoms with E-state index in [1.807, 2.05) is 6.07 Å². The summed E-state index contributed by atoms with van der Waals surface area (Å²) < 4.78 is 14.6. The Morgan fingerprint density at radius 3 is 2.31 bits per heavy atom. The van der Waals surface area contributed by atoms with Gasteiger partial charge < -0.3 is 20.8 Å². The van der Waals surface area contributed by atoms with E-state index in [9.17, 15) is 29.0 Å². The minimum atomic E-state index is -1.36. The predicted octanol–water partition coefficient (Wildman–Crippen LogP) is 8.29. The third kappa shape index (κ3) is 5.47. The van der Waals surface area contributed by atoms with Gasteiger partial charge in [-0.15, -0.1) is 0 Å². The second-order valence-electron chi connectivity index (χ2n) is 18.3. The van der Waals surface area contributed by atoms with Crippen molar-refractivity contribution in [2.75, 3.05) is 0 Å². The molecule has 5 saturated carbocycles. The highest BCUT2D eigenvalue weighted by Crippen LogP contribution is 2.76. The second-order valence-corrected chi connectivity index (χ2v) is 18.3. The number of rotatable bonds is 7. The van der Waals surface area contributed by atoms with E-state index in [0.29, 0.717) is 35.8 Å². The van der Waals surface area contributed by atoms with Crippen LogP contribution in [-0.2, 0) is 17.9 Å². The first-order valence-electron chi connectivity index (χ1n) is 19.4. The molecule has 8 heteroatoms. The zero-order valence-corrected chi connectivity index (χ0v) is 31.1. The maximum absolute atomic E-state index is 14.6. The molecule has 0 saturated heterocycles. The molecule has 0 aromatic heterocycles. The highest BCUT2D eigenvalue weighted by molar-refractivity contribution is 5.94. The van der Waals surface area contributed by atoms with Crippen molar-refractivity contribution in [3.63, 3.8) is 0 Å². The van der Waals surface area contributed by atoms with Gasteiger partial charge in [-0.3, -0.25) is 9.59 Å². The summed E-state index contributed by atoms with van der Waals surface area (Å²) in [6.45, 7) is 12.6. The van der Waals surface area contributed by atoms with Crippen LogP contribution in [0.25, 0.3) is 0 Å². The predicted molar refractivity (Wildman–Crippen MR) is 194 cm³/mol. The van der Waals surface area contributed by atoms with Crippen LogP contribution in [0.3, 0.4) is 0 Å². The molecule has 276 valence electrons. The first kappa shape index (κ1) is 36.1. The van der Waals surface area contributed by atoms with E-state index < -0.39 is 23.3 Å². The molecular weight excluding hydrogens is 643 g/mol. The van der Waals surface area contributed by atoms with Crippen molar-refractivity contribution >= 4 is 17.8 Å². The normalized spacial score (nSPS) is 38.0. The molecule has 0 bridgehead atoms. The van der Waals surface area contributed by atoms with E-state index in [1.54, 1.807) is 18.2 Å². The zero-order chi connectivity index (χ0) is 36.6. The number of amides is 2. The Labute approximate surface area is 302 Å². The highest BCUT2D eigenvalue weighted by Gasteiger charge is 2.70. The van der Waals surface area contributed by atoms with Gasteiger partial charge in [0, 0.05) is 24.2 Å². The molecule has 5 aliphatic rings. The van der Waals surface area contributed by atoms with Gasteiger partial charge >= 0.3 is 5.97 Å². The van der Waals surface area contributed by atoms with E-state index in [-0.39, 0.29) is 51.2 Å². The monoisotopic (exact) mass is 700 g/mol. The molecule has 0 spiro atoms. The molecular formula is C43H57FN2O5. The van der Waals surface area contributed by atoms with E-state index >= 15 is 0 Å². The number of hydrogen-bond donors (Lipinski definition) is 4. The number of aromatic carboxylic acids is 1. The lowest BCUT2D eigenvalue weighted by molar-refractivity contribution is -0.244. The molecule has 8 unspecified atom stereocenters. The molecule has 9 atom stereocenters. The molecule has 51 heavy (non-hydrogen) atoms. The Morgan fingerprint density at radius 2 is 1.55 bits per heavy atom. The van der Waals surface area contributed by atoms with Crippen molar-refractivity contribution in [1.82, 2.24) is 10.6 Å². The minimum absolute atomic E-state index is 0.0594. The number of carbonyl (C=O) groups excluding carboxylic acids is 2. The summed E-state index contributed by atoms with van der Waals surface area (Å²) in [5.41, 5.74) is 1.11. The Hall–Kier alpha value is -3.26. The number of aliphatic hydroxyl groups excluding tert-OH is 1. The van der Waals surface area contributed by atoms with Crippen LogP contribution in [0.15, 0.2) is 42.5 Å².